The number of benzene rings is 2. The summed E-state index contributed by atoms with van der Waals surface area (Å²) in [6.45, 7) is 2.59. The van der Waals surface area contributed by atoms with Crippen molar-refractivity contribution in [2.45, 2.75) is 24.8 Å². The number of carbonyl (C=O) groups is 1. The molecule has 9 heteroatoms. The van der Waals surface area contributed by atoms with Crippen molar-refractivity contribution >= 4 is 49.1 Å². The van der Waals surface area contributed by atoms with Crippen molar-refractivity contribution in [1.29, 1.82) is 0 Å². The van der Waals surface area contributed by atoms with Gasteiger partial charge in [-0.05, 0) is 37.4 Å². The van der Waals surface area contributed by atoms with Crippen LogP contribution in [0.2, 0.25) is 0 Å². The minimum absolute atomic E-state index is 0.156. The summed E-state index contributed by atoms with van der Waals surface area (Å²) in [5, 5.41) is 0. The van der Waals surface area contributed by atoms with Crippen molar-refractivity contribution in [2.75, 3.05) is 24.9 Å². The van der Waals surface area contributed by atoms with Gasteiger partial charge in [-0.2, -0.15) is 16.8 Å². The van der Waals surface area contributed by atoms with E-state index in [9.17, 15) is 13.2 Å². The molecular formula is C21H24N2O4S3. The molecule has 0 N–H and O–H groups in total. The molecule has 0 spiro atoms. The van der Waals surface area contributed by atoms with Gasteiger partial charge in [-0.25, -0.2) is 8.42 Å². The van der Waals surface area contributed by atoms with Crippen molar-refractivity contribution in [1.82, 2.24) is 4.57 Å². The lowest BCUT2D eigenvalue weighted by Gasteiger charge is -2.05. The zero-order valence-electron chi connectivity index (χ0n) is 17.1. The number of fused-ring (bicyclic) bond motifs is 1. The number of carbonyl (C=O) groups excluding carboxylic acids is 1. The van der Waals surface area contributed by atoms with E-state index >= 15 is 0 Å². The van der Waals surface area contributed by atoms with Crippen molar-refractivity contribution in [2.24, 2.45) is 4.99 Å². The topological polar surface area (TPSA) is 77.7 Å². The minimum Gasteiger partial charge on any atom is -0.497 e. The van der Waals surface area contributed by atoms with E-state index < -0.39 is 15.7 Å². The fraction of sp³-hybridized carbons (Fsp3) is 0.333. The molecule has 2 aromatic carbocycles. The van der Waals surface area contributed by atoms with E-state index in [0.29, 0.717) is 11.3 Å². The fourth-order valence-electron chi connectivity index (χ4n) is 2.91. The Morgan fingerprint density at radius 3 is 2.60 bits per heavy atom. The number of hydrogen-bond donors (Lipinski definition) is 0. The molecule has 0 aliphatic carbocycles. The van der Waals surface area contributed by atoms with Gasteiger partial charge in [0.2, 0.25) is 5.91 Å². The highest BCUT2D eigenvalue weighted by atomic mass is 32.2. The van der Waals surface area contributed by atoms with Gasteiger partial charge in [0.25, 0.3) is 0 Å². The summed E-state index contributed by atoms with van der Waals surface area (Å²) in [5.41, 5.74) is 1.93. The molecule has 0 saturated heterocycles. The molecular weight excluding hydrogens is 440 g/mol. The average Bonchev–Trinajstić information content (AvgIpc) is 3.07. The number of amides is 1. The molecule has 0 saturated carbocycles. The van der Waals surface area contributed by atoms with Crippen LogP contribution in [0, 0.1) is 6.92 Å². The van der Waals surface area contributed by atoms with Crippen LogP contribution < -0.4 is 9.54 Å². The second-order valence-corrected chi connectivity index (χ2v) is 10.9. The smallest absolute Gasteiger partial charge is 0.249 e. The summed E-state index contributed by atoms with van der Waals surface area (Å²) in [4.78, 5) is 17.5. The van der Waals surface area contributed by atoms with Gasteiger partial charge < -0.3 is 9.30 Å². The van der Waals surface area contributed by atoms with Crippen molar-refractivity contribution < 1.29 is 17.9 Å². The Hall–Kier alpha value is -2.10. The van der Waals surface area contributed by atoms with Gasteiger partial charge in [0.05, 0.1) is 28.0 Å². The van der Waals surface area contributed by atoms with Crippen LogP contribution in [0.1, 0.15) is 12.0 Å². The molecule has 1 heterocycles. The van der Waals surface area contributed by atoms with Crippen LogP contribution in [-0.4, -0.2) is 43.8 Å². The lowest BCUT2D eigenvalue weighted by Crippen LogP contribution is -2.19. The van der Waals surface area contributed by atoms with Crippen molar-refractivity contribution in [3.05, 3.63) is 52.8 Å². The molecule has 0 atom stereocenters. The summed E-state index contributed by atoms with van der Waals surface area (Å²) in [5.74, 6) is 0.899. The Kier molecular flexibility index (Phi) is 7.38. The standard InChI is InChI=1S/C21H24N2O4S3/c1-15-4-7-17(8-5-15)30(25,26)13-10-20(24)22-21-23(11-12-28-3)18-14-16(27-2)6-9-19(18)29-21/h4-9,14H,10-13H2,1-3H3. The second-order valence-electron chi connectivity index (χ2n) is 6.75. The van der Waals surface area contributed by atoms with Crippen LogP contribution in [0.3, 0.4) is 0 Å². The predicted octanol–water partition coefficient (Wildman–Crippen LogP) is 3.67. The molecule has 1 aromatic heterocycles. The maximum Gasteiger partial charge on any atom is 0.249 e. The molecule has 3 aromatic rings. The van der Waals surface area contributed by atoms with Crippen LogP contribution in [0.15, 0.2) is 52.4 Å². The SMILES string of the molecule is COc1ccc2sc(=NC(=O)CCS(=O)(=O)c3ccc(C)cc3)n(CCSC)c2c1. The lowest BCUT2D eigenvalue weighted by molar-refractivity contribution is -0.117. The van der Waals surface area contributed by atoms with Gasteiger partial charge in [0, 0.05) is 24.8 Å². The molecule has 3 rings (SSSR count). The molecule has 1 amide bonds. The first-order chi connectivity index (χ1) is 14.3. The quantitative estimate of drug-likeness (QED) is 0.508. The van der Waals surface area contributed by atoms with Crippen LogP contribution in [0.25, 0.3) is 10.2 Å². The molecule has 30 heavy (non-hydrogen) atoms. The van der Waals surface area contributed by atoms with E-state index in [2.05, 4.69) is 4.99 Å². The van der Waals surface area contributed by atoms with Crippen molar-refractivity contribution in [3.63, 3.8) is 0 Å². The number of thioether (sulfide) groups is 1. The first-order valence-electron chi connectivity index (χ1n) is 9.37. The molecule has 0 unspecified atom stereocenters. The maximum atomic E-state index is 12.5. The second kappa shape index (κ2) is 9.80. The monoisotopic (exact) mass is 464 g/mol. The third-order valence-electron chi connectivity index (χ3n) is 4.59. The van der Waals surface area contributed by atoms with Crippen LogP contribution >= 0.6 is 23.1 Å². The number of ether oxygens (including phenoxy) is 1. The molecule has 0 aliphatic heterocycles. The van der Waals surface area contributed by atoms with Gasteiger partial charge in [0.15, 0.2) is 14.6 Å². The summed E-state index contributed by atoms with van der Waals surface area (Å²) in [6.07, 6.45) is 1.86. The van der Waals surface area contributed by atoms with Gasteiger partial charge in [-0.1, -0.05) is 29.0 Å². The van der Waals surface area contributed by atoms with Gasteiger partial charge in [0.1, 0.15) is 5.75 Å². The number of methoxy groups -OCH3 is 1. The molecule has 0 fully saturated rings. The Balaban J connectivity index is 1.86. The van der Waals surface area contributed by atoms with E-state index in [4.69, 9.17) is 4.74 Å². The van der Waals surface area contributed by atoms with Crippen LogP contribution in [-0.2, 0) is 21.2 Å². The lowest BCUT2D eigenvalue weighted by atomic mass is 10.2. The number of aromatic nitrogens is 1. The van der Waals surface area contributed by atoms with Crippen LogP contribution in [0.4, 0.5) is 0 Å². The van der Waals surface area contributed by atoms with Crippen LogP contribution in [0.5, 0.6) is 5.75 Å². The molecule has 6 nitrogen and oxygen atoms in total. The normalized spacial score (nSPS) is 12.4. The first-order valence-corrected chi connectivity index (χ1v) is 13.2. The molecule has 0 aliphatic rings. The zero-order chi connectivity index (χ0) is 21.7. The molecule has 0 bridgehead atoms. The largest absolute Gasteiger partial charge is 0.497 e. The number of aryl methyl sites for hydroxylation is 2. The first kappa shape index (κ1) is 22.6. The summed E-state index contributed by atoms with van der Waals surface area (Å²) >= 11 is 3.12. The highest BCUT2D eigenvalue weighted by Gasteiger charge is 2.17. The predicted molar refractivity (Wildman–Crippen MR) is 123 cm³/mol. The van der Waals surface area contributed by atoms with E-state index in [-0.39, 0.29) is 17.1 Å². The highest BCUT2D eigenvalue weighted by molar-refractivity contribution is 7.98. The van der Waals surface area contributed by atoms with E-state index in [1.807, 2.05) is 35.9 Å². The number of rotatable bonds is 8. The van der Waals surface area contributed by atoms with E-state index in [1.54, 1.807) is 43.1 Å². The third-order valence-corrected chi connectivity index (χ3v) is 7.98. The molecule has 160 valence electrons. The maximum absolute atomic E-state index is 12.5. The van der Waals surface area contributed by atoms with E-state index in [1.165, 1.54) is 11.3 Å². The minimum atomic E-state index is -3.53. The Morgan fingerprint density at radius 1 is 1.20 bits per heavy atom. The van der Waals surface area contributed by atoms with Gasteiger partial charge in [-0.3, -0.25) is 4.79 Å². The highest BCUT2D eigenvalue weighted by Crippen LogP contribution is 2.23. The number of sulfone groups is 1. The zero-order valence-corrected chi connectivity index (χ0v) is 19.6. The Bertz CT molecular complexity index is 1210. The van der Waals surface area contributed by atoms with Gasteiger partial charge in [-0.15, -0.1) is 0 Å². The third kappa shape index (κ3) is 5.33. The number of nitrogens with zero attached hydrogens (tertiary/aromatic N) is 2. The summed E-state index contributed by atoms with van der Waals surface area (Å²) in [6, 6.07) is 12.4. The summed E-state index contributed by atoms with van der Waals surface area (Å²) < 4.78 is 33.3. The Morgan fingerprint density at radius 2 is 1.93 bits per heavy atom. The average molecular weight is 465 g/mol. The van der Waals surface area contributed by atoms with Crippen molar-refractivity contribution in [3.8, 4) is 5.75 Å². The Labute approximate surface area is 184 Å². The fourth-order valence-corrected chi connectivity index (χ4v) is 5.56. The summed E-state index contributed by atoms with van der Waals surface area (Å²) in [7, 11) is -1.91. The van der Waals surface area contributed by atoms with Gasteiger partial charge >= 0.3 is 0 Å². The number of thiazole rings is 1. The molecule has 0 radical (unpaired) electrons. The van der Waals surface area contributed by atoms with E-state index in [0.717, 1.165) is 27.3 Å². The number of hydrogen-bond acceptors (Lipinski definition) is 6.